The number of aryl methyl sites for hydroxylation is 1. The Morgan fingerprint density at radius 1 is 1.00 bits per heavy atom. The van der Waals surface area contributed by atoms with Crippen molar-refractivity contribution in [2.75, 3.05) is 13.1 Å². The van der Waals surface area contributed by atoms with Gasteiger partial charge in [0.05, 0.1) is 6.54 Å². The van der Waals surface area contributed by atoms with Crippen LogP contribution in [0.3, 0.4) is 0 Å². The van der Waals surface area contributed by atoms with E-state index in [2.05, 4.69) is 56.6 Å². The van der Waals surface area contributed by atoms with Crippen LogP contribution in [0.5, 0.6) is 0 Å². The number of nitrogens with one attached hydrogen (secondary N) is 1. The molecule has 32 heavy (non-hydrogen) atoms. The molecule has 3 heterocycles. The number of pyridine rings is 1. The summed E-state index contributed by atoms with van der Waals surface area (Å²) < 4.78 is 1.83. The van der Waals surface area contributed by atoms with Gasteiger partial charge in [0.2, 0.25) is 0 Å². The SMILES string of the molecule is CCc1ccc2[nH]c(=O)c(C(c3nnnn3Cc3ccccc3)N3CCCCC3)cc2c1. The number of tetrazole rings is 1. The number of aromatic nitrogens is 5. The Morgan fingerprint density at radius 2 is 1.81 bits per heavy atom. The first kappa shape index (κ1) is 20.6. The van der Waals surface area contributed by atoms with Crippen LogP contribution >= 0.6 is 0 Å². The first-order valence-corrected chi connectivity index (χ1v) is 11.4. The maximum atomic E-state index is 13.3. The second-order valence-electron chi connectivity index (χ2n) is 8.51. The first-order chi connectivity index (χ1) is 15.7. The van der Waals surface area contributed by atoms with Gasteiger partial charge in [-0.05, 0) is 77.5 Å². The Bertz CT molecular complexity index is 1260. The van der Waals surface area contributed by atoms with E-state index in [-0.39, 0.29) is 11.6 Å². The van der Waals surface area contributed by atoms with Gasteiger partial charge in [-0.1, -0.05) is 49.7 Å². The molecule has 7 heteroatoms. The number of nitrogens with zero attached hydrogens (tertiary/aromatic N) is 5. The third kappa shape index (κ3) is 4.08. The molecule has 0 radical (unpaired) electrons. The standard InChI is InChI=1S/C25H28N6O/c1-2-18-11-12-22-20(15-18)16-21(25(32)26-22)23(30-13-7-4-8-14-30)24-27-28-29-31(24)17-19-9-5-3-6-10-19/h3,5-6,9-12,15-16,23H,2,4,7-8,13-14,17H2,1H3,(H,26,32). The molecular weight excluding hydrogens is 400 g/mol. The molecule has 1 fully saturated rings. The lowest BCUT2D eigenvalue weighted by atomic mass is 9.99. The van der Waals surface area contributed by atoms with Crippen LogP contribution in [-0.2, 0) is 13.0 Å². The van der Waals surface area contributed by atoms with Gasteiger partial charge in [0, 0.05) is 11.1 Å². The fourth-order valence-corrected chi connectivity index (χ4v) is 4.65. The number of benzene rings is 2. The van der Waals surface area contributed by atoms with Gasteiger partial charge < -0.3 is 4.98 Å². The van der Waals surface area contributed by atoms with Gasteiger partial charge in [-0.2, -0.15) is 0 Å². The molecule has 164 valence electrons. The summed E-state index contributed by atoms with van der Waals surface area (Å²) >= 11 is 0. The van der Waals surface area contributed by atoms with Crippen molar-refractivity contribution in [3.05, 3.63) is 87.5 Å². The predicted octanol–water partition coefficient (Wildman–Crippen LogP) is 3.70. The molecule has 4 aromatic rings. The highest BCUT2D eigenvalue weighted by Crippen LogP contribution is 2.29. The van der Waals surface area contributed by atoms with Gasteiger partial charge >= 0.3 is 0 Å². The fourth-order valence-electron chi connectivity index (χ4n) is 4.65. The number of hydrogen-bond acceptors (Lipinski definition) is 5. The Labute approximate surface area is 187 Å². The van der Waals surface area contributed by atoms with E-state index in [0.29, 0.717) is 17.9 Å². The minimum absolute atomic E-state index is 0.0772. The van der Waals surface area contributed by atoms with Crippen molar-refractivity contribution in [1.82, 2.24) is 30.1 Å². The third-order valence-corrected chi connectivity index (χ3v) is 6.38. The van der Waals surface area contributed by atoms with Crippen LogP contribution in [0.2, 0.25) is 0 Å². The average Bonchev–Trinajstić information content (AvgIpc) is 3.28. The molecule has 1 N–H and O–H groups in total. The Hall–Kier alpha value is -3.32. The zero-order valence-corrected chi connectivity index (χ0v) is 18.4. The summed E-state index contributed by atoms with van der Waals surface area (Å²) in [5, 5.41) is 13.8. The summed E-state index contributed by atoms with van der Waals surface area (Å²) in [6, 6.07) is 18.1. The summed E-state index contributed by atoms with van der Waals surface area (Å²) in [7, 11) is 0. The molecule has 1 unspecified atom stereocenters. The van der Waals surface area contributed by atoms with Gasteiger partial charge in [-0.15, -0.1) is 5.10 Å². The molecule has 0 aliphatic carbocycles. The topological polar surface area (TPSA) is 79.7 Å². The minimum Gasteiger partial charge on any atom is -0.322 e. The van der Waals surface area contributed by atoms with Crippen molar-refractivity contribution in [1.29, 1.82) is 0 Å². The lowest BCUT2D eigenvalue weighted by Crippen LogP contribution is -2.38. The summed E-state index contributed by atoms with van der Waals surface area (Å²) in [6.45, 7) is 4.56. The van der Waals surface area contributed by atoms with Gasteiger partial charge in [0.1, 0.15) is 6.04 Å². The lowest BCUT2D eigenvalue weighted by molar-refractivity contribution is 0.177. The van der Waals surface area contributed by atoms with Crippen LogP contribution in [0, 0.1) is 0 Å². The lowest BCUT2D eigenvalue weighted by Gasteiger charge is -2.33. The van der Waals surface area contributed by atoms with Gasteiger partial charge in [0.15, 0.2) is 5.82 Å². The van der Waals surface area contributed by atoms with Crippen LogP contribution in [0.25, 0.3) is 10.9 Å². The Kier molecular flexibility index (Phi) is 5.81. The van der Waals surface area contributed by atoms with E-state index in [9.17, 15) is 4.79 Å². The molecule has 1 aliphatic heterocycles. The number of hydrogen-bond donors (Lipinski definition) is 1. The maximum Gasteiger partial charge on any atom is 0.253 e. The van der Waals surface area contributed by atoms with Crippen LogP contribution in [0.1, 0.15) is 54.7 Å². The summed E-state index contributed by atoms with van der Waals surface area (Å²) in [4.78, 5) is 18.7. The highest BCUT2D eigenvalue weighted by atomic mass is 16.1. The maximum absolute atomic E-state index is 13.3. The number of aromatic amines is 1. The van der Waals surface area contributed by atoms with E-state index >= 15 is 0 Å². The molecule has 7 nitrogen and oxygen atoms in total. The fraction of sp³-hybridized carbons (Fsp3) is 0.360. The molecule has 2 aromatic heterocycles. The van der Waals surface area contributed by atoms with Crippen molar-refractivity contribution in [3.8, 4) is 0 Å². The molecule has 1 atom stereocenters. The van der Waals surface area contributed by atoms with E-state index in [0.717, 1.165) is 48.8 Å². The largest absolute Gasteiger partial charge is 0.322 e. The second kappa shape index (κ2) is 9.04. The number of piperidine rings is 1. The normalized spacial score (nSPS) is 15.8. The molecule has 2 aromatic carbocycles. The molecule has 5 rings (SSSR count). The third-order valence-electron chi connectivity index (χ3n) is 6.38. The monoisotopic (exact) mass is 428 g/mol. The van der Waals surface area contributed by atoms with E-state index < -0.39 is 0 Å². The smallest absolute Gasteiger partial charge is 0.253 e. The van der Waals surface area contributed by atoms with Crippen molar-refractivity contribution in [2.45, 2.75) is 45.2 Å². The second-order valence-corrected chi connectivity index (χ2v) is 8.51. The van der Waals surface area contributed by atoms with Crippen molar-refractivity contribution in [3.63, 3.8) is 0 Å². The molecule has 0 spiro atoms. The predicted molar refractivity (Wildman–Crippen MR) is 125 cm³/mol. The summed E-state index contributed by atoms with van der Waals surface area (Å²) in [6.07, 6.45) is 4.39. The highest BCUT2D eigenvalue weighted by molar-refractivity contribution is 5.80. The average molecular weight is 429 g/mol. The zero-order valence-electron chi connectivity index (χ0n) is 18.4. The van der Waals surface area contributed by atoms with Gasteiger partial charge in [-0.25, -0.2) is 4.68 Å². The van der Waals surface area contributed by atoms with Crippen molar-refractivity contribution >= 4 is 10.9 Å². The molecule has 0 saturated carbocycles. The van der Waals surface area contributed by atoms with Crippen molar-refractivity contribution < 1.29 is 0 Å². The molecule has 1 saturated heterocycles. The molecular formula is C25H28N6O. The van der Waals surface area contributed by atoms with Gasteiger partial charge in [-0.3, -0.25) is 9.69 Å². The van der Waals surface area contributed by atoms with E-state index in [4.69, 9.17) is 0 Å². The van der Waals surface area contributed by atoms with E-state index in [1.165, 1.54) is 12.0 Å². The van der Waals surface area contributed by atoms with Crippen LogP contribution in [-0.4, -0.2) is 43.2 Å². The molecule has 0 amide bonds. The van der Waals surface area contributed by atoms with Crippen LogP contribution in [0.4, 0.5) is 0 Å². The van der Waals surface area contributed by atoms with E-state index in [1.807, 2.05) is 35.0 Å². The van der Waals surface area contributed by atoms with Gasteiger partial charge in [0.25, 0.3) is 5.56 Å². The molecule has 1 aliphatic rings. The number of rotatable bonds is 6. The summed E-state index contributed by atoms with van der Waals surface area (Å²) in [5.41, 5.74) is 3.86. The first-order valence-electron chi connectivity index (χ1n) is 11.4. The van der Waals surface area contributed by atoms with E-state index in [1.54, 1.807) is 0 Å². The zero-order chi connectivity index (χ0) is 21.9. The Balaban J connectivity index is 1.62. The minimum atomic E-state index is -0.285. The van der Waals surface area contributed by atoms with Crippen LogP contribution < -0.4 is 5.56 Å². The van der Waals surface area contributed by atoms with Crippen LogP contribution in [0.15, 0.2) is 59.4 Å². The Morgan fingerprint density at radius 3 is 2.59 bits per heavy atom. The quantitative estimate of drug-likeness (QED) is 0.507. The van der Waals surface area contributed by atoms with Crippen molar-refractivity contribution in [2.24, 2.45) is 0 Å². The highest BCUT2D eigenvalue weighted by Gasteiger charge is 2.31. The summed E-state index contributed by atoms with van der Waals surface area (Å²) in [5.74, 6) is 0.715. The number of likely N-dealkylation sites (tertiary alicyclic amines) is 1. The number of fused-ring (bicyclic) bond motifs is 1. The number of H-pyrrole nitrogens is 1. The molecule has 0 bridgehead atoms.